The zero-order chi connectivity index (χ0) is 25.4. The highest BCUT2D eigenvalue weighted by Gasteiger charge is 2.36. The number of benzene rings is 2. The number of rotatable bonds is 10. The molecule has 0 radical (unpaired) electrons. The molecular formula is C24H23ClN2O7S. The van der Waals surface area contributed by atoms with Crippen LogP contribution in [-0.2, 0) is 19.1 Å². The first-order valence-corrected chi connectivity index (χ1v) is 11.9. The zero-order valence-corrected chi connectivity index (χ0v) is 20.6. The maximum Gasteiger partial charge on any atom is 0.326 e. The van der Waals surface area contributed by atoms with Crippen molar-refractivity contribution in [3.8, 4) is 11.5 Å². The standard InChI is InChI=1S/C24H23ClN2O7S/c1-3-32-18-11-15(12-19-23(30)27(24(31)35-19)13-21(29)33-4-2)10-17(25)22(18)34-14-20(28)26-16-8-6-5-7-9-16/h5-12H,3-4,13-14H2,1-2H3,(H,26,28)/b19-12+. The van der Waals surface area contributed by atoms with Gasteiger partial charge in [-0.25, -0.2) is 0 Å². The molecule has 9 nitrogen and oxygen atoms in total. The minimum Gasteiger partial charge on any atom is -0.490 e. The highest BCUT2D eigenvalue weighted by molar-refractivity contribution is 8.18. The number of hydrogen-bond acceptors (Lipinski definition) is 8. The number of anilines is 1. The summed E-state index contributed by atoms with van der Waals surface area (Å²) in [5, 5.41) is 2.29. The first-order valence-electron chi connectivity index (χ1n) is 10.7. The van der Waals surface area contributed by atoms with Gasteiger partial charge in [0.15, 0.2) is 18.1 Å². The molecule has 1 N–H and O–H groups in total. The fourth-order valence-corrected chi connectivity index (χ4v) is 4.17. The molecule has 11 heteroatoms. The van der Waals surface area contributed by atoms with Crippen LogP contribution in [0.25, 0.3) is 6.08 Å². The third kappa shape index (κ3) is 7.00. The summed E-state index contributed by atoms with van der Waals surface area (Å²) in [5.41, 5.74) is 1.10. The average Bonchev–Trinajstić information content (AvgIpc) is 3.07. The van der Waals surface area contributed by atoms with Gasteiger partial charge in [0.1, 0.15) is 6.54 Å². The Morgan fingerprint density at radius 2 is 1.83 bits per heavy atom. The highest BCUT2D eigenvalue weighted by atomic mass is 35.5. The molecule has 1 heterocycles. The van der Waals surface area contributed by atoms with E-state index in [0.29, 0.717) is 29.6 Å². The summed E-state index contributed by atoms with van der Waals surface area (Å²) < 4.78 is 16.1. The number of nitrogens with one attached hydrogen (secondary N) is 1. The molecule has 184 valence electrons. The van der Waals surface area contributed by atoms with E-state index in [4.69, 9.17) is 25.8 Å². The van der Waals surface area contributed by atoms with Crippen LogP contribution in [0.4, 0.5) is 10.5 Å². The van der Waals surface area contributed by atoms with Crippen molar-refractivity contribution in [3.05, 3.63) is 58.0 Å². The van der Waals surface area contributed by atoms with Crippen molar-refractivity contribution in [3.63, 3.8) is 0 Å². The number of imide groups is 1. The molecule has 1 fully saturated rings. The number of ether oxygens (including phenoxy) is 3. The molecule has 0 aromatic heterocycles. The van der Waals surface area contributed by atoms with Crippen LogP contribution in [0.15, 0.2) is 47.4 Å². The Kier molecular flexibility index (Phi) is 9.16. The summed E-state index contributed by atoms with van der Waals surface area (Å²) in [5.74, 6) is -1.22. The number of halogens is 1. The van der Waals surface area contributed by atoms with Gasteiger partial charge in [-0.2, -0.15) is 0 Å². The third-order valence-electron chi connectivity index (χ3n) is 4.50. The zero-order valence-electron chi connectivity index (χ0n) is 19.0. The molecular weight excluding hydrogens is 496 g/mol. The Balaban J connectivity index is 1.75. The van der Waals surface area contributed by atoms with Gasteiger partial charge in [-0.3, -0.25) is 24.1 Å². The number of thioether (sulfide) groups is 1. The summed E-state index contributed by atoms with van der Waals surface area (Å²) >= 11 is 7.10. The smallest absolute Gasteiger partial charge is 0.326 e. The normalized spacial score (nSPS) is 14.3. The Morgan fingerprint density at radius 1 is 1.09 bits per heavy atom. The van der Waals surface area contributed by atoms with E-state index in [-0.39, 0.29) is 40.5 Å². The number of esters is 1. The molecule has 0 aliphatic carbocycles. The molecule has 1 saturated heterocycles. The van der Waals surface area contributed by atoms with Crippen molar-refractivity contribution in [1.82, 2.24) is 4.90 Å². The second-order valence-electron chi connectivity index (χ2n) is 7.04. The van der Waals surface area contributed by atoms with Crippen LogP contribution >= 0.6 is 23.4 Å². The van der Waals surface area contributed by atoms with Crippen LogP contribution in [0, 0.1) is 0 Å². The Hall–Kier alpha value is -3.50. The maximum absolute atomic E-state index is 12.6. The van der Waals surface area contributed by atoms with E-state index in [1.165, 1.54) is 12.1 Å². The van der Waals surface area contributed by atoms with E-state index in [0.717, 1.165) is 4.90 Å². The number of carbonyl (C=O) groups is 4. The molecule has 3 rings (SSSR count). The number of para-hydroxylation sites is 1. The van der Waals surface area contributed by atoms with E-state index >= 15 is 0 Å². The molecule has 2 aromatic rings. The van der Waals surface area contributed by atoms with Crippen LogP contribution < -0.4 is 14.8 Å². The molecule has 1 aliphatic rings. The molecule has 0 spiro atoms. The third-order valence-corrected chi connectivity index (χ3v) is 5.69. The lowest BCUT2D eigenvalue weighted by atomic mass is 10.1. The van der Waals surface area contributed by atoms with E-state index in [1.54, 1.807) is 44.2 Å². The lowest BCUT2D eigenvalue weighted by molar-refractivity contribution is -0.146. The summed E-state index contributed by atoms with van der Waals surface area (Å²) in [6.45, 7) is 3.08. The van der Waals surface area contributed by atoms with Gasteiger partial charge in [0.05, 0.1) is 23.1 Å². The number of hydrogen-bond donors (Lipinski definition) is 1. The fourth-order valence-electron chi connectivity index (χ4n) is 3.05. The van der Waals surface area contributed by atoms with Gasteiger partial charge in [0, 0.05) is 5.69 Å². The Labute approximate surface area is 211 Å². The summed E-state index contributed by atoms with van der Waals surface area (Å²) in [6.07, 6.45) is 1.47. The predicted octanol–water partition coefficient (Wildman–Crippen LogP) is 4.36. The maximum atomic E-state index is 12.6. The second-order valence-corrected chi connectivity index (χ2v) is 8.44. The Bertz CT molecular complexity index is 1150. The minimum absolute atomic E-state index is 0.119. The van der Waals surface area contributed by atoms with E-state index in [2.05, 4.69) is 5.32 Å². The topological polar surface area (TPSA) is 111 Å². The van der Waals surface area contributed by atoms with Crippen molar-refractivity contribution in [2.45, 2.75) is 13.8 Å². The lowest BCUT2D eigenvalue weighted by Crippen LogP contribution is -2.34. The van der Waals surface area contributed by atoms with Gasteiger partial charge >= 0.3 is 5.97 Å². The molecule has 0 atom stereocenters. The van der Waals surface area contributed by atoms with Crippen molar-refractivity contribution in [1.29, 1.82) is 0 Å². The van der Waals surface area contributed by atoms with Crippen molar-refractivity contribution in [2.24, 2.45) is 0 Å². The highest BCUT2D eigenvalue weighted by Crippen LogP contribution is 2.39. The number of amides is 3. The van der Waals surface area contributed by atoms with Gasteiger partial charge < -0.3 is 19.5 Å². The SMILES string of the molecule is CCOC(=O)CN1C(=O)S/C(=C/c2cc(Cl)c(OCC(=O)Nc3ccccc3)c(OCC)c2)C1=O. The second kappa shape index (κ2) is 12.3. The number of carbonyl (C=O) groups excluding carboxylic acids is 4. The first-order chi connectivity index (χ1) is 16.8. The van der Waals surface area contributed by atoms with Crippen molar-refractivity contribution in [2.75, 3.05) is 31.7 Å². The van der Waals surface area contributed by atoms with E-state index in [1.807, 2.05) is 6.07 Å². The summed E-state index contributed by atoms with van der Waals surface area (Å²) in [6, 6.07) is 12.0. The van der Waals surface area contributed by atoms with Crippen molar-refractivity contribution < 1.29 is 33.4 Å². The molecule has 2 aromatic carbocycles. The monoisotopic (exact) mass is 518 g/mol. The fraction of sp³-hybridized carbons (Fsp3) is 0.250. The lowest BCUT2D eigenvalue weighted by Gasteiger charge is -2.14. The average molecular weight is 519 g/mol. The van der Waals surface area contributed by atoms with Gasteiger partial charge in [-0.05, 0) is 61.5 Å². The predicted molar refractivity (Wildman–Crippen MR) is 132 cm³/mol. The van der Waals surface area contributed by atoms with Crippen LogP contribution in [-0.4, -0.2) is 54.3 Å². The molecule has 0 bridgehead atoms. The van der Waals surface area contributed by atoms with Crippen LogP contribution in [0.5, 0.6) is 11.5 Å². The first kappa shape index (κ1) is 26.1. The van der Waals surface area contributed by atoms with Crippen LogP contribution in [0.3, 0.4) is 0 Å². The van der Waals surface area contributed by atoms with Gasteiger partial charge in [-0.15, -0.1) is 0 Å². The van der Waals surface area contributed by atoms with E-state index < -0.39 is 23.7 Å². The van der Waals surface area contributed by atoms with Crippen LogP contribution in [0.1, 0.15) is 19.4 Å². The molecule has 0 saturated carbocycles. The minimum atomic E-state index is -0.671. The summed E-state index contributed by atoms with van der Waals surface area (Å²) in [7, 11) is 0. The van der Waals surface area contributed by atoms with Crippen LogP contribution in [0.2, 0.25) is 5.02 Å². The number of nitrogens with zero attached hydrogens (tertiary/aromatic N) is 1. The molecule has 35 heavy (non-hydrogen) atoms. The van der Waals surface area contributed by atoms with Crippen molar-refractivity contribution >= 4 is 58.1 Å². The molecule has 3 amide bonds. The van der Waals surface area contributed by atoms with Gasteiger partial charge in [0.2, 0.25) is 0 Å². The van der Waals surface area contributed by atoms with Gasteiger partial charge in [-0.1, -0.05) is 29.8 Å². The summed E-state index contributed by atoms with van der Waals surface area (Å²) in [4.78, 5) is 49.7. The van der Waals surface area contributed by atoms with E-state index in [9.17, 15) is 19.2 Å². The quantitative estimate of drug-likeness (QED) is 0.365. The largest absolute Gasteiger partial charge is 0.490 e. The van der Waals surface area contributed by atoms with Gasteiger partial charge in [0.25, 0.3) is 17.1 Å². The molecule has 0 unspecified atom stereocenters. The molecule has 1 aliphatic heterocycles. The Morgan fingerprint density at radius 3 is 2.51 bits per heavy atom.